The first kappa shape index (κ1) is 13.3. The second-order valence-corrected chi connectivity index (χ2v) is 5.79. The maximum atomic E-state index is 12.0. The van der Waals surface area contributed by atoms with E-state index >= 15 is 0 Å². The molecule has 1 saturated heterocycles. The van der Waals surface area contributed by atoms with Crippen LogP contribution in [0.4, 0.5) is 5.13 Å². The number of nitrogens with two attached hydrogens (primary N) is 1. The molecule has 2 rings (SSSR count). The van der Waals surface area contributed by atoms with Gasteiger partial charge in [-0.25, -0.2) is 4.98 Å². The molecule has 1 unspecified atom stereocenters. The maximum absolute atomic E-state index is 12.0. The molecule has 2 heterocycles. The number of aromatic nitrogens is 1. The Bertz CT molecular complexity index is 420. The van der Waals surface area contributed by atoms with Crippen molar-refractivity contribution < 1.29 is 4.79 Å². The largest absolute Gasteiger partial charge is 0.375 e. The Morgan fingerprint density at radius 3 is 3.06 bits per heavy atom. The molecule has 1 fully saturated rings. The van der Waals surface area contributed by atoms with E-state index < -0.39 is 0 Å². The summed E-state index contributed by atoms with van der Waals surface area (Å²) in [4.78, 5) is 20.3. The first-order valence-electron chi connectivity index (χ1n) is 6.20. The van der Waals surface area contributed by atoms with Crippen molar-refractivity contribution in [2.75, 3.05) is 32.9 Å². The van der Waals surface area contributed by atoms with Crippen molar-refractivity contribution in [3.8, 4) is 0 Å². The SMILES string of the molecule is CN(CC1CCCN1C)C(=O)Cc1csc(N)n1. The highest BCUT2D eigenvalue weighted by Crippen LogP contribution is 2.16. The zero-order valence-corrected chi connectivity index (χ0v) is 11.7. The summed E-state index contributed by atoms with van der Waals surface area (Å²) in [5, 5.41) is 2.37. The molecule has 1 aromatic heterocycles. The summed E-state index contributed by atoms with van der Waals surface area (Å²) < 4.78 is 0. The molecule has 1 aliphatic rings. The van der Waals surface area contributed by atoms with Crippen molar-refractivity contribution in [3.63, 3.8) is 0 Å². The van der Waals surface area contributed by atoms with Gasteiger partial charge in [-0.3, -0.25) is 4.79 Å². The Kier molecular flexibility index (Phi) is 4.19. The summed E-state index contributed by atoms with van der Waals surface area (Å²) in [7, 11) is 3.99. The quantitative estimate of drug-likeness (QED) is 0.878. The molecule has 0 aliphatic carbocycles. The third-order valence-corrected chi connectivity index (χ3v) is 4.21. The number of thiazole rings is 1. The average molecular weight is 268 g/mol. The number of hydrogen-bond donors (Lipinski definition) is 1. The van der Waals surface area contributed by atoms with Crippen LogP contribution in [-0.4, -0.2) is 53.9 Å². The van der Waals surface area contributed by atoms with Gasteiger partial charge in [0.2, 0.25) is 5.91 Å². The summed E-state index contributed by atoms with van der Waals surface area (Å²) in [6.07, 6.45) is 2.75. The third-order valence-electron chi connectivity index (χ3n) is 3.48. The Morgan fingerprint density at radius 1 is 1.72 bits per heavy atom. The fourth-order valence-corrected chi connectivity index (χ4v) is 2.88. The minimum atomic E-state index is 0.112. The molecule has 1 aromatic rings. The van der Waals surface area contributed by atoms with Crippen molar-refractivity contribution in [2.24, 2.45) is 0 Å². The third kappa shape index (κ3) is 3.20. The van der Waals surface area contributed by atoms with Crippen molar-refractivity contribution in [1.82, 2.24) is 14.8 Å². The van der Waals surface area contributed by atoms with Crippen LogP contribution in [0.25, 0.3) is 0 Å². The predicted octanol–water partition coefficient (Wildman–Crippen LogP) is 0.820. The predicted molar refractivity (Wildman–Crippen MR) is 73.5 cm³/mol. The summed E-state index contributed by atoms with van der Waals surface area (Å²) in [5.74, 6) is 0.112. The van der Waals surface area contributed by atoms with Gasteiger partial charge in [0.1, 0.15) is 0 Å². The van der Waals surface area contributed by atoms with Gasteiger partial charge in [-0.15, -0.1) is 11.3 Å². The summed E-state index contributed by atoms with van der Waals surface area (Å²) in [6, 6.07) is 0.499. The second-order valence-electron chi connectivity index (χ2n) is 4.90. The molecule has 5 nitrogen and oxygen atoms in total. The molecule has 18 heavy (non-hydrogen) atoms. The number of likely N-dealkylation sites (N-methyl/N-ethyl adjacent to an activating group) is 2. The molecular formula is C12H20N4OS. The van der Waals surface area contributed by atoms with Gasteiger partial charge in [0.25, 0.3) is 0 Å². The van der Waals surface area contributed by atoms with Gasteiger partial charge in [-0.05, 0) is 26.4 Å². The molecule has 1 aliphatic heterocycles. The molecule has 100 valence electrons. The van der Waals surface area contributed by atoms with Crippen LogP contribution in [0.5, 0.6) is 0 Å². The van der Waals surface area contributed by atoms with E-state index in [2.05, 4.69) is 16.9 Å². The zero-order chi connectivity index (χ0) is 13.1. The fourth-order valence-electron chi connectivity index (χ4n) is 2.32. The molecule has 0 saturated carbocycles. The molecule has 0 spiro atoms. The standard InChI is InChI=1S/C12H20N4OS/c1-15-5-3-4-10(15)7-16(2)11(17)6-9-8-18-12(13)14-9/h8,10H,3-7H2,1-2H3,(H2,13,14). The van der Waals surface area contributed by atoms with Gasteiger partial charge < -0.3 is 15.5 Å². The van der Waals surface area contributed by atoms with E-state index in [1.807, 2.05) is 17.3 Å². The lowest BCUT2D eigenvalue weighted by atomic mass is 10.2. The number of amides is 1. The lowest BCUT2D eigenvalue weighted by Gasteiger charge is -2.25. The minimum absolute atomic E-state index is 0.112. The van der Waals surface area contributed by atoms with Crippen LogP contribution in [0.1, 0.15) is 18.5 Å². The first-order chi connectivity index (χ1) is 8.56. The topological polar surface area (TPSA) is 62.5 Å². The molecule has 6 heteroatoms. The molecule has 2 N–H and O–H groups in total. The molecule has 0 aromatic carbocycles. The molecule has 1 amide bonds. The van der Waals surface area contributed by atoms with E-state index in [4.69, 9.17) is 5.73 Å². The smallest absolute Gasteiger partial charge is 0.228 e. The van der Waals surface area contributed by atoms with Crippen LogP contribution in [0.2, 0.25) is 0 Å². The molecule has 0 bridgehead atoms. The number of hydrogen-bond acceptors (Lipinski definition) is 5. The Hall–Kier alpha value is -1.14. The second kappa shape index (κ2) is 5.67. The highest BCUT2D eigenvalue weighted by Gasteiger charge is 2.24. The Balaban J connectivity index is 1.84. The van der Waals surface area contributed by atoms with Crippen LogP contribution >= 0.6 is 11.3 Å². The monoisotopic (exact) mass is 268 g/mol. The number of anilines is 1. The Labute approximate surface area is 112 Å². The van der Waals surface area contributed by atoms with Gasteiger partial charge >= 0.3 is 0 Å². The summed E-state index contributed by atoms with van der Waals surface area (Å²) in [5.41, 5.74) is 6.33. The lowest BCUT2D eigenvalue weighted by molar-refractivity contribution is -0.129. The van der Waals surface area contributed by atoms with Crippen LogP contribution in [0, 0.1) is 0 Å². The van der Waals surface area contributed by atoms with Crippen LogP contribution in [-0.2, 0) is 11.2 Å². The lowest BCUT2D eigenvalue weighted by Crippen LogP contribution is -2.40. The molecule has 1 atom stereocenters. The number of carbonyl (C=O) groups is 1. The number of carbonyl (C=O) groups excluding carboxylic acids is 1. The zero-order valence-electron chi connectivity index (χ0n) is 10.9. The van der Waals surface area contributed by atoms with Crippen molar-refractivity contribution in [2.45, 2.75) is 25.3 Å². The Morgan fingerprint density at radius 2 is 2.50 bits per heavy atom. The fraction of sp³-hybridized carbons (Fsp3) is 0.667. The van der Waals surface area contributed by atoms with E-state index in [0.29, 0.717) is 17.6 Å². The van der Waals surface area contributed by atoms with Gasteiger partial charge in [0, 0.05) is 25.0 Å². The highest BCUT2D eigenvalue weighted by atomic mass is 32.1. The minimum Gasteiger partial charge on any atom is -0.375 e. The average Bonchev–Trinajstić information content (AvgIpc) is 2.89. The number of nitrogen functional groups attached to an aromatic ring is 1. The molecular weight excluding hydrogens is 248 g/mol. The highest BCUT2D eigenvalue weighted by molar-refractivity contribution is 7.13. The van der Waals surface area contributed by atoms with Crippen LogP contribution in [0.3, 0.4) is 0 Å². The van der Waals surface area contributed by atoms with Crippen molar-refractivity contribution in [3.05, 3.63) is 11.1 Å². The van der Waals surface area contributed by atoms with E-state index in [1.165, 1.54) is 24.2 Å². The van der Waals surface area contributed by atoms with Crippen LogP contribution in [0.15, 0.2) is 5.38 Å². The number of rotatable bonds is 4. The normalized spacial score (nSPS) is 20.2. The van der Waals surface area contributed by atoms with Crippen molar-refractivity contribution >= 4 is 22.4 Å². The molecule has 0 radical (unpaired) electrons. The van der Waals surface area contributed by atoms with Gasteiger partial charge in [0.15, 0.2) is 5.13 Å². The van der Waals surface area contributed by atoms with Crippen LogP contribution < -0.4 is 5.73 Å². The number of nitrogens with zero attached hydrogens (tertiary/aromatic N) is 3. The summed E-state index contributed by atoms with van der Waals surface area (Å²) in [6.45, 7) is 1.93. The number of likely N-dealkylation sites (tertiary alicyclic amines) is 1. The van der Waals surface area contributed by atoms with Gasteiger partial charge in [-0.2, -0.15) is 0 Å². The van der Waals surface area contributed by atoms with E-state index in [1.54, 1.807) is 0 Å². The first-order valence-corrected chi connectivity index (χ1v) is 7.08. The maximum Gasteiger partial charge on any atom is 0.228 e. The summed E-state index contributed by atoms with van der Waals surface area (Å²) >= 11 is 1.38. The van der Waals surface area contributed by atoms with E-state index in [-0.39, 0.29) is 5.91 Å². The van der Waals surface area contributed by atoms with Crippen molar-refractivity contribution in [1.29, 1.82) is 0 Å². The van der Waals surface area contributed by atoms with E-state index in [0.717, 1.165) is 18.8 Å². The van der Waals surface area contributed by atoms with Gasteiger partial charge in [0.05, 0.1) is 12.1 Å². The van der Waals surface area contributed by atoms with E-state index in [9.17, 15) is 4.79 Å². The van der Waals surface area contributed by atoms with Gasteiger partial charge in [-0.1, -0.05) is 0 Å².